The Labute approximate surface area is 234 Å². The van der Waals surface area contributed by atoms with Crippen LogP contribution >= 0.6 is 0 Å². The minimum Gasteiger partial charge on any atom is -0.254 e. The maximum absolute atomic E-state index is 5.12. The quantitative estimate of drug-likeness (QED) is 0.219. The lowest BCUT2D eigenvalue weighted by molar-refractivity contribution is 1.33. The minimum absolute atomic E-state index is 0.956. The van der Waals surface area contributed by atoms with Crippen LogP contribution in [0.1, 0.15) is 11.1 Å². The van der Waals surface area contributed by atoms with Gasteiger partial charge in [0.1, 0.15) is 0 Å². The Balaban J connectivity index is 1.32. The van der Waals surface area contributed by atoms with E-state index in [2.05, 4.69) is 135 Å². The molecule has 0 atom stereocenters. The van der Waals surface area contributed by atoms with E-state index in [1.165, 1.54) is 49.9 Å². The summed E-state index contributed by atoms with van der Waals surface area (Å²) in [6, 6.07) is 45.3. The Morgan fingerprint density at radius 2 is 0.900 bits per heavy atom. The Morgan fingerprint density at radius 1 is 0.400 bits per heavy atom. The third kappa shape index (κ3) is 4.24. The number of rotatable bonds is 4. The molecule has 2 heterocycles. The number of fused-ring (bicyclic) bond motifs is 3. The number of hydrogen-bond acceptors (Lipinski definition) is 2. The highest BCUT2D eigenvalue weighted by Gasteiger charge is 2.13. The molecule has 0 fully saturated rings. The zero-order valence-electron chi connectivity index (χ0n) is 22.6. The Bertz CT molecular complexity index is 1930. The van der Waals surface area contributed by atoms with Crippen molar-refractivity contribution in [3.63, 3.8) is 0 Å². The van der Waals surface area contributed by atoms with Crippen molar-refractivity contribution < 1.29 is 0 Å². The first kappa shape index (κ1) is 24.0. The third-order valence-electron chi connectivity index (χ3n) is 7.96. The summed E-state index contributed by atoms with van der Waals surface area (Å²) in [7, 11) is 0. The molecule has 0 saturated carbocycles. The molecular weight excluding hydrogens is 484 g/mol. The first-order chi connectivity index (χ1) is 19.7. The summed E-state index contributed by atoms with van der Waals surface area (Å²) in [6.45, 7) is 4.34. The molecule has 0 bridgehead atoms. The van der Waals surface area contributed by atoms with Crippen molar-refractivity contribution in [3.05, 3.63) is 145 Å². The van der Waals surface area contributed by atoms with Crippen molar-refractivity contribution in [2.75, 3.05) is 0 Å². The predicted molar refractivity (Wildman–Crippen MR) is 168 cm³/mol. The van der Waals surface area contributed by atoms with E-state index in [0.29, 0.717) is 0 Å². The highest BCUT2D eigenvalue weighted by Crippen LogP contribution is 2.35. The molecule has 2 nitrogen and oxygen atoms in total. The summed E-state index contributed by atoms with van der Waals surface area (Å²) in [5.41, 5.74) is 13.7. The fourth-order valence-electron chi connectivity index (χ4n) is 5.63. The Hall–Kier alpha value is -5.08. The molecule has 5 aromatic carbocycles. The lowest BCUT2D eigenvalue weighted by Crippen LogP contribution is -1.94. The van der Waals surface area contributed by atoms with Crippen LogP contribution in [0.5, 0.6) is 0 Å². The van der Waals surface area contributed by atoms with Crippen LogP contribution in [-0.4, -0.2) is 9.97 Å². The molecule has 0 amide bonds. The summed E-state index contributed by atoms with van der Waals surface area (Å²) < 4.78 is 0. The van der Waals surface area contributed by atoms with Gasteiger partial charge in [-0.3, -0.25) is 4.98 Å². The van der Waals surface area contributed by atoms with Gasteiger partial charge < -0.3 is 0 Å². The third-order valence-corrected chi connectivity index (χ3v) is 7.96. The normalized spacial score (nSPS) is 11.2. The number of nitrogens with zero attached hydrogens (tertiary/aromatic N) is 2. The molecule has 0 N–H and O–H groups in total. The molecule has 0 aliphatic heterocycles. The summed E-state index contributed by atoms with van der Waals surface area (Å²) in [6.07, 6.45) is 1.85. The summed E-state index contributed by atoms with van der Waals surface area (Å²) >= 11 is 0. The number of benzene rings is 5. The number of pyridine rings is 2. The molecule has 0 aliphatic carbocycles. The molecule has 0 saturated heterocycles. The first-order valence-electron chi connectivity index (χ1n) is 13.7. The number of aromatic nitrogens is 2. The van der Waals surface area contributed by atoms with Gasteiger partial charge in [0.2, 0.25) is 0 Å². The number of aryl methyl sites for hydroxylation is 2. The smallest absolute Gasteiger partial charge is 0.0974 e. The topological polar surface area (TPSA) is 25.8 Å². The van der Waals surface area contributed by atoms with E-state index in [1.807, 2.05) is 12.3 Å². The summed E-state index contributed by atoms with van der Waals surface area (Å²) in [4.78, 5) is 9.83. The monoisotopic (exact) mass is 512 g/mol. The van der Waals surface area contributed by atoms with Crippen molar-refractivity contribution in [1.29, 1.82) is 0 Å². The first-order valence-corrected chi connectivity index (χ1v) is 13.7. The molecule has 7 rings (SSSR count). The van der Waals surface area contributed by atoms with Crippen molar-refractivity contribution in [3.8, 4) is 44.6 Å². The van der Waals surface area contributed by atoms with Crippen LogP contribution in [0.3, 0.4) is 0 Å². The molecule has 0 unspecified atom stereocenters. The van der Waals surface area contributed by atoms with Gasteiger partial charge in [-0.15, -0.1) is 0 Å². The van der Waals surface area contributed by atoms with Crippen LogP contribution in [-0.2, 0) is 0 Å². The molecule has 0 radical (unpaired) electrons. The van der Waals surface area contributed by atoms with Gasteiger partial charge in [0.25, 0.3) is 0 Å². The highest BCUT2D eigenvalue weighted by molar-refractivity contribution is 6.06. The highest BCUT2D eigenvalue weighted by atomic mass is 14.8. The van der Waals surface area contributed by atoms with Gasteiger partial charge in [-0.2, -0.15) is 0 Å². The Kier molecular flexibility index (Phi) is 5.94. The van der Waals surface area contributed by atoms with Gasteiger partial charge >= 0.3 is 0 Å². The summed E-state index contributed by atoms with van der Waals surface area (Å²) in [5, 5.41) is 2.33. The van der Waals surface area contributed by atoms with Gasteiger partial charge in [0.15, 0.2) is 0 Å². The van der Waals surface area contributed by atoms with E-state index in [0.717, 1.165) is 27.7 Å². The molecule has 40 heavy (non-hydrogen) atoms. The average Bonchev–Trinajstić information content (AvgIpc) is 3.04. The molecular formula is C38H28N2. The molecule has 0 aliphatic rings. The van der Waals surface area contributed by atoms with E-state index in [4.69, 9.17) is 9.97 Å². The number of hydrogen-bond donors (Lipinski definition) is 0. The average molecular weight is 513 g/mol. The van der Waals surface area contributed by atoms with Gasteiger partial charge in [-0.05, 0) is 88.7 Å². The van der Waals surface area contributed by atoms with Gasteiger partial charge in [-0.1, -0.05) is 97.1 Å². The second kappa shape index (κ2) is 9.91. The summed E-state index contributed by atoms with van der Waals surface area (Å²) in [5.74, 6) is 0. The zero-order valence-corrected chi connectivity index (χ0v) is 22.6. The molecule has 2 aromatic heterocycles. The van der Waals surface area contributed by atoms with Crippen LogP contribution < -0.4 is 0 Å². The van der Waals surface area contributed by atoms with E-state index < -0.39 is 0 Å². The zero-order chi connectivity index (χ0) is 27.1. The van der Waals surface area contributed by atoms with Crippen LogP contribution in [0, 0.1) is 13.8 Å². The lowest BCUT2D eigenvalue weighted by atomic mass is 9.93. The van der Waals surface area contributed by atoms with Crippen LogP contribution in [0.4, 0.5) is 0 Å². The second-order valence-corrected chi connectivity index (χ2v) is 10.4. The van der Waals surface area contributed by atoms with Gasteiger partial charge in [-0.25, -0.2) is 4.98 Å². The largest absolute Gasteiger partial charge is 0.254 e. The minimum atomic E-state index is 0.956. The predicted octanol–water partition coefficient (Wildman–Crippen LogP) is 10.1. The van der Waals surface area contributed by atoms with E-state index in [9.17, 15) is 0 Å². The standard InChI is InChI=1S/C38H28N2/c1-25-26(2)35-19-20-36(40-38(35)37-34(25)14-9-21-39-37)30-17-15-29(16-18-30)33-23-31(27-10-5-3-6-11-27)22-32(24-33)28-12-7-4-8-13-28/h3-24H,1-2H3. The Morgan fingerprint density at radius 3 is 1.48 bits per heavy atom. The van der Waals surface area contributed by atoms with Crippen molar-refractivity contribution in [2.24, 2.45) is 0 Å². The van der Waals surface area contributed by atoms with E-state index in [-0.39, 0.29) is 0 Å². The SMILES string of the molecule is Cc1c(C)c2ccc(-c3ccc(-c4cc(-c5ccccc5)cc(-c5ccccc5)c4)cc3)nc2c2ncccc12. The van der Waals surface area contributed by atoms with Gasteiger partial charge in [0, 0.05) is 22.5 Å². The van der Waals surface area contributed by atoms with Crippen LogP contribution in [0.15, 0.2) is 134 Å². The fraction of sp³-hybridized carbons (Fsp3) is 0.0526. The molecule has 190 valence electrons. The van der Waals surface area contributed by atoms with Gasteiger partial charge in [0.05, 0.1) is 16.7 Å². The van der Waals surface area contributed by atoms with E-state index >= 15 is 0 Å². The van der Waals surface area contributed by atoms with E-state index in [1.54, 1.807) is 0 Å². The van der Waals surface area contributed by atoms with Crippen LogP contribution in [0.25, 0.3) is 66.4 Å². The molecule has 2 heteroatoms. The van der Waals surface area contributed by atoms with Crippen molar-refractivity contribution in [2.45, 2.75) is 13.8 Å². The van der Waals surface area contributed by atoms with Crippen LogP contribution in [0.2, 0.25) is 0 Å². The lowest BCUT2D eigenvalue weighted by Gasteiger charge is -2.13. The van der Waals surface area contributed by atoms with Crippen molar-refractivity contribution in [1.82, 2.24) is 9.97 Å². The fourth-order valence-corrected chi connectivity index (χ4v) is 5.63. The second-order valence-electron chi connectivity index (χ2n) is 10.4. The van der Waals surface area contributed by atoms with Crippen molar-refractivity contribution >= 4 is 21.8 Å². The molecule has 7 aromatic rings. The molecule has 0 spiro atoms. The maximum Gasteiger partial charge on any atom is 0.0974 e. The maximum atomic E-state index is 5.12.